The summed E-state index contributed by atoms with van der Waals surface area (Å²) in [7, 11) is 0. The van der Waals surface area contributed by atoms with Crippen molar-refractivity contribution in [3.63, 3.8) is 0 Å². The number of aliphatic carboxylic acids is 1. The molecule has 0 aliphatic carbocycles. The van der Waals surface area contributed by atoms with Gasteiger partial charge in [-0.15, -0.1) is 0 Å². The molecular formula is C30H36FN3O4S. The minimum absolute atomic E-state index is 0.0956. The van der Waals surface area contributed by atoms with Gasteiger partial charge in [0.25, 0.3) is 0 Å². The third-order valence-electron chi connectivity index (χ3n) is 6.74. The Morgan fingerprint density at radius 1 is 1.18 bits per heavy atom. The van der Waals surface area contributed by atoms with Crippen LogP contribution in [0.4, 0.5) is 15.8 Å². The SMILES string of the molecule is CC(C)(C)O.CSN1Cc2cc(F)cnc2-c2c(C)c(-c3ccc4c(c3C)NCCO4)c(CC(=O)O)c(C)c21. The number of carboxylic acids is 1. The smallest absolute Gasteiger partial charge is 0.307 e. The van der Waals surface area contributed by atoms with Gasteiger partial charge in [0.1, 0.15) is 18.2 Å². The number of halogens is 1. The second-order valence-corrected chi connectivity index (χ2v) is 11.6. The average Bonchev–Trinajstić information content (AvgIpc) is 2.86. The number of aromatic nitrogens is 1. The van der Waals surface area contributed by atoms with Crippen molar-refractivity contribution < 1.29 is 24.1 Å². The van der Waals surface area contributed by atoms with Crippen LogP contribution in [0.3, 0.4) is 0 Å². The molecule has 0 radical (unpaired) electrons. The summed E-state index contributed by atoms with van der Waals surface area (Å²) in [6, 6.07) is 5.49. The second kappa shape index (κ2) is 11.1. The van der Waals surface area contributed by atoms with E-state index in [1.807, 2.05) is 39.2 Å². The van der Waals surface area contributed by atoms with E-state index in [9.17, 15) is 14.3 Å². The first-order valence-electron chi connectivity index (χ1n) is 12.9. The van der Waals surface area contributed by atoms with E-state index in [4.69, 9.17) is 9.84 Å². The Kier molecular flexibility index (Phi) is 8.14. The Labute approximate surface area is 233 Å². The van der Waals surface area contributed by atoms with E-state index >= 15 is 0 Å². The third kappa shape index (κ3) is 5.84. The molecule has 9 heteroatoms. The maximum Gasteiger partial charge on any atom is 0.307 e. The zero-order valence-electron chi connectivity index (χ0n) is 23.5. The van der Waals surface area contributed by atoms with Crippen LogP contribution in [0, 0.1) is 26.6 Å². The molecular weight excluding hydrogens is 517 g/mol. The van der Waals surface area contributed by atoms with Crippen molar-refractivity contribution in [1.82, 2.24) is 4.98 Å². The lowest BCUT2D eigenvalue weighted by molar-refractivity contribution is -0.136. The largest absolute Gasteiger partial charge is 0.490 e. The Hall–Kier alpha value is -3.30. The van der Waals surface area contributed by atoms with Gasteiger partial charge in [-0.1, -0.05) is 18.0 Å². The molecule has 208 valence electrons. The van der Waals surface area contributed by atoms with Gasteiger partial charge in [0.2, 0.25) is 0 Å². The Balaban J connectivity index is 0.000000648. The van der Waals surface area contributed by atoms with E-state index in [0.29, 0.717) is 19.7 Å². The fourth-order valence-corrected chi connectivity index (χ4v) is 5.92. The summed E-state index contributed by atoms with van der Waals surface area (Å²) in [5.41, 5.74) is 9.39. The number of hydrogen-bond acceptors (Lipinski definition) is 7. The number of anilines is 2. The van der Waals surface area contributed by atoms with Gasteiger partial charge in [0.05, 0.1) is 41.8 Å². The average molecular weight is 554 g/mol. The van der Waals surface area contributed by atoms with Gasteiger partial charge in [-0.05, 0) is 87.1 Å². The molecule has 0 fully saturated rings. The standard InChI is InChI=1S/C26H26FN3O3S.C4H10O/c1-13-18(5-6-20-24(13)28-7-8-33-20)22-15(3)23-25-16(9-17(27)11-29-25)12-30(34-4)26(23)14(2)19(22)10-21(31)32;1-4(2,3)5/h5-6,9,11,28H,7-8,10,12H2,1-4H3,(H,31,32);5H,1-3H3. The van der Waals surface area contributed by atoms with Crippen molar-refractivity contribution in [1.29, 1.82) is 0 Å². The van der Waals surface area contributed by atoms with Gasteiger partial charge >= 0.3 is 5.97 Å². The predicted octanol–water partition coefficient (Wildman–Crippen LogP) is 6.29. The number of hydrogen-bond donors (Lipinski definition) is 3. The van der Waals surface area contributed by atoms with Crippen LogP contribution in [0.5, 0.6) is 5.75 Å². The lowest BCUT2D eigenvalue weighted by atomic mass is 9.81. The first-order valence-corrected chi connectivity index (χ1v) is 14.1. The quantitative estimate of drug-likeness (QED) is 0.325. The molecule has 3 heterocycles. The zero-order valence-corrected chi connectivity index (χ0v) is 24.3. The van der Waals surface area contributed by atoms with Crippen LogP contribution in [-0.2, 0) is 17.8 Å². The van der Waals surface area contributed by atoms with E-state index in [0.717, 1.165) is 67.3 Å². The summed E-state index contributed by atoms with van der Waals surface area (Å²) in [5.74, 6) is -0.444. The molecule has 5 rings (SSSR count). The normalized spacial score (nSPS) is 13.7. The van der Waals surface area contributed by atoms with Gasteiger partial charge < -0.3 is 24.6 Å². The highest BCUT2D eigenvalue weighted by molar-refractivity contribution is 7.99. The molecule has 2 aliphatic heterocycles. The number of pyridine rings is 1. The van der Waals surface area contributed by atoms with Crippen molar-refractivity contribution in [2.75, 3.05) is 29.0 Å². The minimum Gasteiger partial charge on any atom is -0.490 e. The predicted molar refractivity (Wildman–Crippen MR) is 156 cm³/mol. The van der Waals surface area contributed by atoms with Crippen molar-refractivity contribution >= 4 is 29.3 Å². The fraction of sp³-hybridized carbons (Fsp3) is 0.400. The van der Waals surface area contributed by atoms with Crippen LogP contribution in [0.25, 0.3) is 22.4 Å². The number of nitrogens with zero attached hydrogens (tertiary/aromatic N) is 2. The number of benzene rings is 2. The van der Waals surface area contributed by atoms with E-state index in [-0.39, 0.29) is 12.2 Å². The summed E-state index contributed by atoms with van der Waals surface area (Å²) in [6.45, 7) is 13.1. The number of ether oxygens (including phenoxy) is 1. The number of aliphatic hydroxyl groups is 1. The zero-order chi connectivity index (χ0) is 28.6. The van der Waals surface area contributed by atoms with Crippen LogP contribution >= 0.6 is 11.9 Å². The summed E-state index contributed by atoms with van der Waals surface area (Å²) in [6.07, 6.45) is 3.13. The maximum absolute atomic E-state index is 14.1. The summed E-state index contributed by atoms with van der Waals surface area (Å²) < 4.78 is 22.0. The number of carboxylic acid groups (broad SMARTS) is 1. The Morgan fingerprint density at radius 3 is 2.51 bits per heavy atom. The van der Waals surface area contributed by atoms with Gasteiger partial charge in [0.15, 0.2) is 0 Å². The number of rotatable bonds is 4. The number of nitrogens with one attached hydrogen (secondary N) is 1. The van der Waals surface area contributed by atoms with Crippen LogP contribution in [0.15, 0.2) is 24.4 Å². The molecule has 0 saturated heterocycles. The van der Waals surface area contributed by atoms with E-state index in [2.05, 4.69) is 14.6 Å². The number of fused-ring (bicyclic) bond motifs is 4. The molecule has 0 unspecified atom stereocenters. The lowest BCUT2D eigenvalue weighted by Gasteiger charge is -2.35. The van der Waals surface area contributed by atoms with Crippen molar-refractivity contribution in [2.45, 2.75) is 60.1 Å². The molecule has 3 aromatic rings. The molecule has 0 spiro atoms. The molecule has 2 aromatic carbocycles. The van der Waals surface area contributed by atoms with Crippen molar-refractivity contribution in [2.24, 2.45) is 0 Å². The monoisotopic (exact) mass is 553 g/mol. The first kappa shape index (κ1) is 28.7. The highest BCUT2D eigenvalue weighted by Gasteiger charge is 2.32. The third-order valence-corrected chi connectivity index (χ3v) is 7.49. The molecule has 7 nitrogen and oxygen atoms in total. The van der Waals surface area contributed by atoms with E-state index < -0.39 is 11.6 Å². The molecule has 3 N–H and O–H groups in total. The lowest BCUT2D eigenvalue weighted by Crippen LogP contribution is -2.23. The van der Waals surface area contributed by atoms with Gasteiger partial charge in [-0.25, -0.2) is 4.39 Å². The van der Waals surface area contributed by atoms with E-state index in [1.54, 1.807) is 38.8 Å². The molecule has 1 aromatic heterocycles. The molecule has 0 saturated carbocycles. The maximum atomic E-state index is 14.1. The van der Waals surface area contributed by atoms with Crippen LogP contribution < -0.4 is 14.4 Å². The van der Waals surface area contributed by atoms with Crippen molar-refractivity contribution in [3.05, 3.63) is 58.0 Å². The highest BCUT2D eigenvalue weighted by atomic mass is 32.2. The Morgan fingerprint density at radius 2 is 1.87 bits per heavy atom. The molecule has 0 atom stereocenters. The molecule has 0 amide bonds. The molecule has 39 heavy (non-hydrogen) atoms. The molecule has 0 bridgehead atoms. The van der Waals surface area contributed by atoms with Gasteiger partial charge in [0, 0.05) is 23.9 Å². The summed E-state index contributed by atoms with van der Waals surface area (Å²) in [4.78, 5) is 16.5. The highest BCUT2D eigenvalue weighted by Crippen LogP contribution is 2.51. The van der Waals surface area contributed by atoms with Crippen LogP contribution in [0.1, 0.15) is 48.6 Å². The topological polar surface area (TPSA) is 94.9 Å². The summed E-state index contributed by atoms with van der Waals surface area (Å²) in [5, 5.41) is 21.8. The number of carbonyl (C=O) groups is 1. The van der Waals surface area contributed by atoms with Crippen LogP contribution in [0.2, 0.25) is 0 Å². The second-order valence-electron chi connectivity index (χ2n) is 10.8. The Bertz CT molecular complexity index is 1430. The molecule has 2 aliphatic rings. The van der Waals surface area contributed by atoms with E-state index in [1.165, 1.54) is 6.20 Å². The van der Waals surface area contributed by atoms with Crippen molar-refractivity contribution in [3.8, 4) is 28.1 Å². The first-order chi connectivity index (χ1) is 18.3. The van der Waals surface area contributed by atoms with Gasteiger partial charge in [-0.2, -0.15) is 0 Å². The minimum atomic E-state index is -0.882. The summed E-state index contributed by atoms with van der Waals surface area (Å²) >= 11 is 1.54. The van der Waals surface area contributed by atoms with Crippen LogP contribution in [-0.4, -0.2) is 46.2 Å². The van der Waals surface area contributed by atoms with Gasteiger partial charge in [-0.3, -0.25) is 9.78 Å². The fourth-order valence-electron chi connectivity index (χ4n) is 5.24.